The quantitative estimate of drug-likeness (QED) is 0.0343. The maximum atomic E-state index is 13.9. The number of fused-ring (bicyclic) bond motifs is 1. The van der Waals surface area contributed by atoms with Crippen molar-refractivity contribution in [1.29, 1.82) is 0 Å². The van der Waals surface area contributed by atoms with Crippen LogP contribution in [0.2, 0.25) is 0 Å². The Morgan fingerprint density at radius 3 is 1.86 bits per heavy atom. The third-order valence-electron chi connectivity index (χ3n) is 12.8. The number of amides is 4. The van der Waals surface area contributed by atoms with Crippen molar-refractivity contribution in [2.24, 2.45) is 17.8 Å². The molecule has 5 rings (SSSR count). The Bertz CT molecular complexity index is 2000. The fourth-order valence-electron chi connectivity index (χ4n) is 8.30. The molecule has 2 aromatic rings. The van der Waals surface area contributed by atoms with Crippen LogP contribution in [0.25, 0.3) is 0 Å². The van der Waals surface area contributed by atoms with E-state index in [0.29, 0.717) is 55.5 Å². The predicted molar refractivity (Wildman–Crippen MR) is 248 cm³/mol. The summed E-state index contributed by atoms with van der Waals surface area (Å²) in [6.45, 7) is 16.5. The number of imide groups is 1. The molecule has 4 unspecified atom stereocenters. The third kappa shape index (κ3) is 15.4. The molecule has 0 saturated heterocycles. The zero-order valence-corrected chi connectivity index (χ0v) is 40.2. The molecule has 0 bridgehead atoms. The summed E-state index contributed by atoms with van der Waals surface area (Å²) >= 11 is 0. The van der Waals surface area contributed by atoms with Crippen LogP contribution < -0.4 is 10.6 Å². The van der Waals surface area contributed by atoms with Gasteiger partial charge in [-0.05, 0) is 117 Å². The van der Waals surface area contributed by atoms with E-state index in [1.165, 1.54) is 5.57 Å². The van der Waals surface area contributed by atoms with Gasteiger partial charge in [0.25, 0.3) is 11.8 Å². The Hall–Kier alpha value is -5.34. The van der Waals surface area contributed by atoms with Gasteiger partial charge in [-0.25, -0.2) is 14.4 Å². The number of allylic oxidation sites excluding steroid dienone is 2. The number of alkyl carbamates (subject to hydrolysis) is 1. The maximum absolute atomic E-state index is 13.9. The molecule has 14 nitrogen and oxygen atoms in total. The van der Waals surface area contributed by atoms with Gasteiger partial charge in [0, 0.05) is 50.1 Å². The highest BCUT2D eigenvalue weighted by atomic mass is 16.6. The van der Waals surface area contributed by atoms with Crippen molar-refractivity contribution >= 4 is 35.8 Å². The van der Waals surface area contributed by atoms with Gasteiger partial charge >= 0.3 is 18.0 Å². The smallest absolute Gasteiger partial charge is 0.407 e. The lowest BCUT2D eigenvalue weighted by Gasteiger charge is -2.35. The average Bonchev–Trinajstić information content (AvgIpc) is 3.81. The molecule has 0 spiro atoms. The molecule has 66 heavy (non-hydrogen) atoms. The largest absolute Gasteiger partial charge is 0.457 e. The number of rotatable bonds is 24. The lowest BCUT2D eigenvalue weighted by molar-refractivity contribution is -0.148. The van der Waals surface area contributed by atoms with E-state index >= 15 is 0 Å². The van der Waals surface area contributed by atoms with E-state index < -0.39 is 51.6 Å². The number of hydrogen-bond acceptors (Lipinski definition) is 11. The Balaban J connectivity index is 1.00. The van der Waals surface area contributed by atoms with Gasteiger partial charge in [-0.15, -0.1) is 0 Å². The van der Waals surface area contributed by atoms with Crippen LogP contribution in [0.3, 0.4) is 0 Å². The minimum atomic E-state index is -1.20. The van der Waals surface area contributed by atoms with Gasteiger partial charge in [-0.2, -0.15) is 0 Å². The lowest BCUT2D eigenvalue weighted by atomic mass is 9.97. The van der Waals surface area contributed by atoms with Crippen molar-refractivity contribution in [2.45, 2.75) is 149 Å². The average molecular weight is 914 g/mol. The lowest BCUT2D eigenvalue weighted by Crippen LogP contribution is -2.50. The van der Waals surface area contributed by atoms with Gasteiger partial charge in [0.2, 0.25) is 5.91 Å². The SMILES string of the molecule is C/C1=C/CCC2C(CC1)C2OC(=O)NCCC(C)(C)OCCC(C)CNC(=O)CCC(C)(C)OCCC(C)(C)N1C(=O)C(C(=O)OCc2ccccc2)=C(C(=O)OCc2ccccc2)C1=O. The molecule has 3 aliphatic rings. The number of nitrogens with zero attached hydrogens (tertiary/aromatic N) is 1. The van der Waals surface area contributed by atoms with Gasteiger partial charge in [0.1, 0.15) is 30.5 Å². The first kappa shape index (κ1) is 51.6. The Labute approximate surface area is 390 Å². The number of carbonyl (C=O) groups excluding carboxylic acids is 6. The van der Waals surface area contributed by atoms with Crippen molar-refractivity contribution < 1.29 is 52.5 Å². The van der Waals surface area contributed by atoms with Crippen molar-refractivity contribution in [3.8, 4) is 0 Å². The fourth-order valence-corrected chi connectivity index (χ4v) is 8.30. The van der Waals surface area contributed by atoms with E-state index in [9.17, 15) is 28.8 Å². The van der Waals surface area contributed by atoms with Crippen LogP contribution in [0.15, 0.2) is 83.5 Å². The van der Waals surface area contributed by atoms with Gasteiger partial charge in [-0.3, -0.25) is 19.3 Å². The fraction of sp³-hybridized carbons (Fsp3) is 0.577. The number of benzene rings is 2. The summed E-state index contributed by atoms with van der Waals surface area (Å²) in [7, 11) is 0. The molecule has 4 atom stereocenters. The number of nitrogens with one attached hydrogen (secondary N) is 2. The first-order chi connectivity index (χ1) is 31.3. The zero-order valence-electron chi connectivity index (χ0n) is 40.2. The van der Waals surface area contributed by atoms with Gasteiger partial charge in [0.15, 0.2) is 0 Å². The van der Waals surface area contributed by atoms with Crippen molar-refractivity contribution in [2.75, 3.05) is 26.3 Å². The number of hydrogen-bond donors (Lipinski definition) is 2. The molecule has 14 heteroatoms. The van der Waals surface area contributed by atoms with Crippen molar-refractivity contribution in [1.82, 2.24) is 15.5 Å². The summed E-state index contributed by atoms with van der Waals surface area (Å²) in [4.78, 5) is 81.0. The summed E-state index contributed by atoms with van der Waals surface area (Å²) in [6, 6.07) is 17.7. The van der Waals surface area contributed by atoms with Crippen LogP contribution in [0.1, 0.15) is 124 Å². The van der Waals surface area contributed by atoms with Crippen LogP contribution in [-0.4, -0.2) is 89.8 Å². The number of esters is 2. The second kappa shape index (κ2) is 23.4. The van der Waals surface area contributed by atoms with Gasteiger partial charge < -0.3 is 34.3 Å². The first-order valence-electron chi connectivity index (χ1n) is 23.5. The molecule has 4 amide bonds. The van der Waals surface area contributed by atoms with E-state index in [1.54, 1.807) is 62.4 Å². The van der Waals surface area contributed by atoms with Crippen LogP contribution in [-0.2, 0) is 60.9 Å². The van der Waals surface area contributed by atoms with E-state index in [0.717, 1.165) is 37.0 Å². The molecule has 2 N–H and O–H groups in total. The molecule has 0 radical (unpaired) electrons. The van der Waals surface area contributed by atoms with E-state index in [1.807, 2.05) is 39.8 Å². The summed E-state index contributed by atoms with van der Waals surface area (Å²) < 4.78 is 29.0. The molecule has 1 fully saturated rings. The molecule has 1 saturated carbocycles. The van der Waals surface area contributed by atoms with E-state index in [2.05, 4.69) is 30.6 Å². The second-order valence-electron chi connectivity index (χ2n) is 19.8. The molecule has 1 aliphatic heterocycles. The molecular formula is C52H71N3O11. The molecule has 0 aromatic heterocycles. The molecule has 1 heterocycles. The molecular weight excluding hydrogens is 843 g/mol. The Kier molecular flexibility index (Phi) is 18.3. The summed E-state index contributed by atoms with van der Waals surface area (Å²) in [5.74, 6) is -3.09. The van der Waals surface area contributed by atoms with Crippen LogP contribution >= 0.6 is 0 Å². The molecule has 2 aromatic carbocycles. The number of ether oxygens (including phenoxy) is 5. The van der Waals surface area contributed by atoms with E-state index in [-0.39, 0.29) is 56.7 Å². The van der Waals surface area contributed by atoms with Crippen molar-refractivity contribution in [3.63, 3.8) is 0 Å². The third-order valence-corrected chi connectivity index (χ3v) is 12.8. The minimum absolute atomic E-state index is 0.0317. The minimum Gasteiger partial charge on any atom is -0.457 e. The topological polar surface area (TPSA) is 176 Å². The van der Waals surface area contributed by atoms with E-state index in [4.69, 9.17) is 23.7 Å². The normalized spacial score (nSPS) is 20.0. The van der Waals surface area contributed by atoms with Gasteiger partial charge in [-0.1, -0.05) is 79.2 Å². The summed E-state index contributed by atoms with van der Waals surface area (Å²) in [6.07, 6.45) is 8.44. The zero-order chi connectivity index (χ0) is 48.1. The highest BCUT2D eigenvalue weighted by Gasteiger charge is 2.53. The highest BCUT2D eigenvalue weighted by molar-refractivity contribution is 6.38. The highest BCUT2D eigenvalue weighted by Crippen LogP contribution is 2.49. The van der Waals surface area contributed by atoms with Crippen LogP contribution in [0.5, 0.6) is 0 Å². The van der Waals surface area contributed by atoms with Crippen molar-refractivity contribution in [3.05, 3.63) is 94.6 Å². The number of carbonyl (C=O) groups is 6. The second-order valence-corrected chi connectivity index (χ2v) is 19.8. The van der Waals surface area contributed by atoms with Crippen LogP contribution in [0, 0.1) is 17.8 Å². The summed E-state index contributed by atoms with van der Waals surface area (Å²) in [5, 5.41) is 5.92. The Morgan fingerprint density at radius 1 is 0.727 bits per heavy atom. The molecule has 360 valence electrons. The van der Waals surface area contributed by atoms with Crippen LogP contribution in [0.4, 0.5) is 4.79 Å². The predicted octanol–water partition coefficient (Wildman–Crippen LogP) is 8.07. The summed E-state index contributed by atoms with van der Waals surface area (Å²) in [5.41, 5.74) is -0.969. The van der Waals surface area contributed by atoms with Gasteiger partial charge in [0.05, 0.1) is 11.2 Å². The standard InChI is InChI=1S/C52H71N3O11/c1-35-16-15-21-39-40(23-22-35)44(39)66-49(61)53-29-27-52(7,8)64-30-25-36(2)32-54-41(56)24-26-51(5,6)65-31-28-50(3,4)55-45(57)42(47(59)62-33-37-17-11-9-12-18-37)43(46(55)58)48(60)63-34-38-19-13-10-14-20-38/h9-14,16-20,36,39-40,44H,15,21-34H2,1-8H3,(H,53,61)(H,54,56)/b35-16-. The monoisotopic (exact) mass is 914 g/mol. The Morgan fingerprint density at radius 2 is 1.27 bits per heavy atom. The maximum Gasteiger partial charge on any atom is 0.407 e. The molecule has 2 aliphatic carbocycles. The first-order valence-corrected chi connectivity index (χ1v) is 23.5.